The van der Waals surface area contributed by atoms with Crippen LogP contribution in [-0.2, 0) is 15.8 Å². The number of hydrogen-bond acceptors (Lipinski definition) is 3. The standard InChI is InChI=1S/C18H19F3N2O3/c19-18(20,21)13-5-1-3-11(9-13)14(24)12-4-2-8-23(10-12)16(26)17(6-7-17)15(22)25/h1,3,5,9,12H,2,4,6-8,10H2,(H2,22,25). The minimum atomic E-state index is -4.52. The van der Waals surface area contributed by atoms with E-state index in [-0.39, 0.29) is 18.0 Å². The summed E-state index contributed by atoms with van der Waals surface area (Å²) in [5.74, 6) is -2.03. The van der Waals surface area contributed by atoms with E-state index in [9.17, 15) is 27.6 Å². The lowest BCUT2D eigenvalue weighted by Gasteiger charge is -2.34. The molecule has 1 aliphatic heterocycles. The predicted octanol–water partition coefficient (Wildman–Crippen LogP) is 2.39. The van der Waals surface area contributed by atoms with Crippen molar-refractivity contribution in [3.8, 4) is 0 Å². The van der Waals surface area contributed by atoms with Crippen LogP contribution < -0.4 is 5.73 Å². The number of nitrogens with zero attached hydrogens (tertiary/aromatic N) is 1. The number of likely N-dealkylation sites (tertiary alicyclic amines) is 1. The van der Waals surface area contributed by atoms with Gasteiger partial charge >= 0.3 is 6.18 Å². The van der Waals surface area contributed by atoms with Gasteiger partial charge in [0.1, 0.15) is 5.41 Å². The van der Waals surface area contributed by atoms with Crippen LogP contribution >= 0.6 is 0 Å². The lowest BCUT2D eigenvalue weighted by Crippen LogP contribution is -2.48. The summed E-state index contributed by atoms with van der Waals surface area (Å²) < 4.78 is 38.5. The first-order chi connectivity index (χ1) is 12.1. The molecule has 140 valence electrons. The second-order valence-electron chi connectivity index (χ2n) is 6.98. The first kappa shape index (κ1) is 18.4. The second kappa shape index (κ2) is 6.41. The lowest BCUT2D eigenvalue weighted by molar-refractivity contribution is -0.144. The van der Waals surface area contributed by atoms with E-state index in [0.717, 1.165) is 12.1 Å². The molecule has 0 spiro atoms. The molecule has 2 aliphatic rings. The summed E-state index contributed by atoms with van der Waals surface area (Å²) in [5.41, 5.74) is 3.28. The van der Waals surface area contributed by atoms with Crippen LogP contribution in [0.15, 0.2) is 24.3 Å². The van der Waals surface area contributed by atoms with Crippen molar-refractivity contribution in [1.29, 1.82) is 0 Å². The molecule has 8 heteroatoms. The molecule has 26 heavy (non-hydrogen) atoms. The number of hydrogen-bond donors (Lipinski definition) is 1. The van der Waals surface area contributed by atoms with Gasteiger partial charge in [-0.25, -0.2) is 0 Å². The highest BCUT2D eigenvalue weighted by molar-refractivity contribution is 6.07. The number of piperidine rings is 1. The number of nitrogens with two attached hydrogens (primary N) is 1. The van der Waals surface area contributed by atoms with Crippen molar-refractivity contribution in [3.63, 3.8) is 0 Å². The number of alkyl halides is 3. The molecule has 1 aliphatic carbocycles. The molecule has 0 aromatic heterocycles. The predicted molar refractivity (Wildman–Crippen MR) is 85.9 cm³/mol. The Morgan fingerprint density at radius 3 is 2.46 bits per heavy atom. The fraction of sp³-hybridized carbons (Fsp3) is 0.500. The summed E-state index contributed by atoms with van der Waals surface area (Å²) in [7, 11) is 0. The number of halogens is 3. The second-order valence-corrected chi connectivity index (χ2v) is 6.98. The van der Waals surface area contributed by atoms with E-state index in [1.165, 1.54) is 17.0 Å². The van der Waals surface area contributed by atoms with E-state index in [0.29, 0.717) is 32.2 Å². The molecule has 0 bridgehead atoms. The highest BCUT2D eigenvalue weighted by atomic mass is 19.4. The van der Waals surface area contributed by atoms with E-state index < -0.39 is 34.8 Å². The summed E-state index contributed by atoms with van der Waals surface area (Å²) in [5, 5.41) is 0. The van der Waals surface area contributed by atoms with Crippen molar-refractivity contribution in [3.05, 3.63) is 35.4 Å². The zero-order valence-electron chi connectivity index (χ0n) is 14.0. The molecule has 1 aromatic rings. The molecule has 1 unspecified atom stereocenters. The van der Waals surface area contributed by atoms with Gasteiger partial charge in [0, 0.05) is 24.6 Å². The molecule has 3 rings (SSSR count). The first-order valence-corrected chi connectivity index (χ1v) is 8.46. The number of ketones is 1. The number of rotatable bonds is 4. The van der Waals surface area contributed by atoms with Gasteiger partial charge in [0.2, 0.25) is 11.8 Å². The zero-order chi connectivity index (χ0) is 19.1. The number of Topliss-reactive ketones (excluding diaryl/α,β-unsaturated/α-hetero) is 1. The average Bonchev–Trinajstić information content (AvgIpc) is 3.42. The zero-order valence-corrected chi connectivity index (χ0v) is 14.0. The molecule has 0 radical (unpaired) electrons. The average molecular weight is 368 g/mol. The molecule has 1 saturated heterocycles. The summed E-state index contributed by atoms with van der Waals surface area (Å²) in [6, 6.07) is 4.31. The van der Waals surface area contributed by atoms with Crippen LogP contribution in [0.4, 0.5) is 13.2 Å². The Kier molecular flexibility index (Phi) is 4.54. The minimum Gasteiger partial charge on any atom is -0.369 e. The molecule has 2 amide bonds. The third-order valence-corrected chi connectivity index (χ3v) is 5.18. The van der Waals surface area contributed by atoms with E-state index in [2.05, 4.69) is 0 Å². The number of primary amides is 1. The van der Waals surface area contributed by atoms with Gasteiger partial charge in [-0.1, -0.05) is 12.1 Å². The van der Waals surface area contributed by atoms with Gasteiger partial charge in [-0.3, -0.25) is 14.4 Å². The van der Waals surface area contributed by atoms with E-state index in [1.54, 1.807) is 0 Å². The Hall–Kier alpha value is -2.38. The largest absolute Gasteiger partial charge is 0.416 e. The number of benzene rings is 1. The van der Waals surface area contributed by atoms with Crippen LogP contribution in [0.3, 0.4) is 0 Å². The smallest absolute Gasteiger partial charge is 0.369 e. The van der Waals surface area contributed by atoms with E-state index >= 15 is 0 Å². The van der Waals surface area contributed by atoms with Gasteiger partial charge in [0.15, 0.2) is 5.78 Å². The molecule has 1 atom stereocenters. The fourth-order valence-corrected chi connectivity index (χ4v) is 3.45. The van der Waals surface area contributed by atoms with Gasteiger partial charge in [-0.15, -0.1) is 0 Å². The van der Waals surface area contributed by atoms with Crippen molar-refractivity contribution in [2.75, 3.05) is 13.1 Å². The Balaban J connectivity index is 1.75. The van der Waals surface area contributed by atoms with Crippen molar-refractivity contribution >= 4 is 17.6 Å². The van der Waals surface area contributed by atoms with Crippen LogP contribution in [0.2, 0.25) is 0 Å². The quantitative estimate of drug-likeness (QED) is 0.655. The summed E-state index contributed by atoms with van der Waals surface area (Å²) in [4.78, 5) is 38.2. The monoisotopic (exact) mass is 368 g/mol. The topological polar surface area (TPSA) is 80.5 Å². The molecular weight excluding hydrogens is 349 g/mol. The molecule has 1 aromatic carbocycles. The summed E-state index contributed by atoms with van der Waals surface area (Å²) in [6.07, 6.45) is -2.67. The maximum absolute atomic E-state index is 12.8. The summed E-state index contributed by atoms with van der Waals surface area (Å²) in [6.45, 7) is 0.517. The van der Waals surface area contributed by atoms with Crippen molar-refractivity contribution in [2.24, 2.45) is 17.1 Å². The first-order valence-electron chi connectivity index (χ1n) is 8.46. The van der Waals surface area contributed by atoms with Crippen LogP contribution in [0.25, 0.3) is 0 Å². The minimum absolute atomic E-state index is 0.0184. The molecule has 1 heterocycles. The highest BCUT2D eigenvalue weighted by Gasteiger charge is 2.57. The van der Waals surface area contributed by atoms with Crippen LogP contribution in [0.1, 0.15) is 41.6 Å². The Bertz CT molecular complexity index is 756. The molecule has 5 nitrogen and oxygen atoms in total. The third kappa shape index (κ3) is 3.32. The molecule has 2 N–H and O–H groups in total. The number of carbonyl (C=O) groups is 3. The number of carbonyl (C=O) groups excluding carboxylic acids is 3. The van der Waals surface area contributed by atoms with E-state index in [1.807, 2.05) is 0 Å². The van der Waals surface area contributed by atoms with Crippen LogP contribution in [0, 0.1) is 11.3 Å². The van der Waals surface area contributed by atoms with Crippen LogP contribution in [-0.4, -0.2) is 35.6 Å². The molecular formula is C18H19F3N2O3. The fourth-order valence-electron chi connectivity index (χ4n) is 3.45. The van der Waals surface area contributed by atoms with Crippen molar-refractivity contribution in [1.82, 2.24) is 4.90 Å². The molecule has 1 saturated carbocycles. The normalized spacial score (nSPS) is 22.0. The maximum Gasteiger partial charge on any atom is 0.416 e. The number of amides is 2. The highest BCUT2D eigenvalue weighted by Crippen LogP contribution is 2.47. The SMILES string of the molecule is NC(=O)C1(C(=O)N2CCCC(C(=O)c3cccc(C(F)(F)F)c3)C2)CC1. The summed E-state index contributed by atoms with van der Waals surface area (Å²) >= 11 is 0. The van der Waals surface area contributed by atoms with Gasteiger partial charge in [-0.05, 0) is 37.8 Å². The lowest BCUT2D eigenvalue weighted by atomic mass is 9.88. The van der Waals surface area contributed by atoms with Crippen LogP contribution in [0.5, 0.6) is 0 Å². The Morgan fingerprint density at radius 2 is 1.88 bits per heavy atom. The maximum atomic E-state index is 12.8. The van der Waals surface area contributed by atoms with Gasteiger partial charge in [0.25, 0.3) is 0 Å². The van der Waals surface area contributed by atoms with E-state index in [4.69, 9.17) is 5.73 Å². The Labute approximate surface area is 148 Å². The van der Waals surface area contributed by atoms with Crippen molar-refractivity contribution in [2.45, 2.75) is 31.9 Å². The third-order valence-electron chi connectivity index (χ3n) is 5.18. The van der Waals surface area contributed by atoms with Gasteiger partial charge in [0.05, 0.1) is 5.56 Å². The van der Waals surface area contributed by atoms with Gasteiger partial charge in [-0.2, -0.15) is 13.2 Å². The van der Waals surface area contributed by atoms with Crippen molar-refractivity contribution < 1.29 is 27.6 Å². The Morgan fingerprint density at radius 1 is 1.19 bits per heavy atom. The van der Waals surface area contributed by atoms with Gasteiger partial charge < -0.3 is 10.6 Å². The molecule has 2 fully saturated rings.